The maximum absolute atomic E-state index is 11.2. The Balaban J connectivity index is 2.86. The molecule has 0 aliphatic carbocycles. The number of aliphatic hydroxyl groups is 4. The number of hydrogen-bond donors (Lipinski definition) is 6. The third-order valence-electron chi connectivity index (χ3n) is 3.27. The molecule has 6 atom stereocenters. The van der Waals surface area contributed by atoms with Crippen molar-refractivity contribution in [2.45, 2.75) is 50.4 Å². The Morgan fingerprint density at radius 2 is 1.96 bits per heavy atom. The van der Waals surface area contributed by atoms with E-state index in [4.69, 9.17) is 19.7 Å². The summed E-state index contributed by atoms with van der Waals surface area (Å²) < 4.78 is 10.1. The van der Waals surface area contributed by atoms with Crippen molar-refractivity contribution in [1.29, 1.82) is 0 Å². The Hall–Kier alpha value is -1.72. The van der Waals surface area contributed by atoms with E-state index in [1.165, 1.54) is 13.8 Å². The second-order valence-electron chi connectivity index (χ2n) is 5.58. The van der Waals surface area contributed by atoms with E-state index >= 15 is 0 Å². The van der Waals surface area contributed by atoms with Crippen molar-refractivity contribution in [2.24, 2.45) is 0 Å². The third-order valence-corrected chi connectivity index (χ3v) is 3.27. The fourth-order valence-corrected chi connectivity index (χ4v) is 2.20. The van der Waals surface area contributed by atoms with Crippen molar-refractivity contribution in [2.75, 3.05) is 13.2 Å². The molecule has 0 aromatic rings. The van der Waals surface area contributed by atoms with Gasteiger partial charge in [-0.3, -0.25) is 4.79 Å². The number of amides is 1. The van der Waals surface area contributed by atoms with Crippen molar-refractivity contribution in [3.05, 3.63) is 11.8 Å². The fourth-order valence-electron chi connectivity index (χ4n) is 2.20. The molecule has 0 fully saturated rings. The van der Waals surface area contributed by atoms with E-state index in [-0.39, 0.29) is 13.2 Å². The highest BCUT2D eigenvalue weighted by Crippen LogP contribution is 2.23. The second-order valence-corrected chi connectivity index (χ2v) is 5.58. The minimum atomic E-state index is -1.66. The standard InChI is InChI=1S/C14H23NO9/c1-6(16)4-23-5-9(19)12(20)13-11(15-7(2)17)8(18)3-10(24-13)14(21)22/h3,6,8-9,11-13,16,18-20H,4-5H2,1-2H3,(H,15,17)(H,21,22)/t6-,8?,9-,11-,12-,13?/m1/s1. The Morgan fingerprint density at radius 1 is 1.33 bits per heavy atom. The minimum Gasteiger partial charge on any atom is -0.478 e. The summed E-state index contributed by atoms with van der Waals surface area (Å²) in [5.74, 6) is -2.61. The van der Waals surface area contributed by atoms with Crippen LogP contribution < -0.4 is 5.32 Å². The predicted molar refractivity (Wildman–Crippen MR) is 78.7 cm³/mol. The molecule has 2 unspecified atom stereocenters. The van der Waals surface area contributed by atoms with Crippen LogP contribution in [0.2, 0.25) is 0 Å². The van der Waals surface area contributed by atoms with Crippen LogP contribution in [0.1, 0.15) is 13.8 Å². The van der Waals surface area contributed by atoms with Gasteiger partial charge in [-0.1, -0.05) is 0 Å². The highest BCUT2D eigenvalue weighted by Gasteiger charge is 2.43. The Labute approximate surface area is 138 Å². The minimum absolute atomic E-state index is 0.0761. The number of carbonyl (C=O) groups excluding carboxylic acids is 1. The Kier molecular flexibility index (Phi) is 7.58. The van der Waals surface area contributed by atoms with Crippen molar-refractivity contribution < 1.29 is 44.6 Å². The van der Waals surface area contributed by atoms with Crippen LogP contribution in [0.4, 0.5) is 0 Å². The number of aliphatic hydroxyl groups excluding tert-OH is 4. The van der Waals surface area contributed by atoms with Crippen molar-refractivity contribution >= 4 is 11.9 Å². The molecule has 0 aromatic heterocycles. The second kappa shape index (κ2) is 8.94. The highest BCUT2D eigenvalue weighted by atomic mass is 16.5. The largest absolute Gasteiger partial charge is 0.478 e. The first-order chi connectivity index (χ1) is 11.1. The first kappa shape index (κ1) is 20.3. The lowest BCUT2D eigenvalue weighted by molar-refractivity contribution is -0.151. The van der Waals surface area contributed by atoms with Gasteiger partial charge in [0, 0.05) is 6.92 Å². The average molecular weight is 349 g/mol. The van der Waals surface area contributed by atoms with Crippen LogP contribution in [-0.4, -0.2) is 87.2 Å². The normalized spacial score (nSPS) is 27.4. The topological polar surface area (TPSA) is 166 Å². The molecule has 24 heavy (non-hydrogen) atoms. The monoisotopic (exact) mass is 349 g/mol. The molecule has 0 saturated carbocycles. The molecular weight excluding hydrogens is 326 g/mol. The summed E-state index contributed by atoms with van der Waals surface area (Å²) in [7, 11) is 0. The predicted octanol–water partition coefficient (Wildman–Crippen LogP) is -2.66. The van der Waals surface area contributed by atoms with Crippen LogP contribution in [-0.2, 0) is 19.1 Å². The zero-order valence-electron chi connectivity index (χ0n) is 13.3. The first-order valence-electron chi connectivity index (χ1n) is 7.32. The molecule has 1 amide bonds. The quantitative estimate of drug-likeness (QED) is 0.274. The maximum Gasteiger partial charge on any atom is 0.370 e. The number of nitrogens with one attached hydrogen (secondary N) is 1. The van der Waals surface area contributed by atoms with Gasteiger partial charge >= 0.3 is 5.97 Å². The summed E-state index contributed by atoms with van der Waals surface area (Å²) in [6.07, 6.45) is -5.87. The van der Waals surface area contributed by atoms with Crippen LogP contribution in [0, 0.1) is 0 Å². The van der Waals surface area contributed by atoms with Crippen molar-refractivity contribution in [3.63, 3.8) is 0 Å². The van der Waals surface area contributed by atoms with E-state index in [9.17, 15) is 24.9 Å². The van der Waals surface area contributed by atoms with Crippen LogP contribution >= 0.6 is 0 Å². The first-order valence-corrected chi connectivity index (χ1v) is 7.32. The molecule has 0 bridgehead atoms. The zero-order valence-corrected chi connectivity index (χ0v) is 13.3. The van der Waals surface area contributed by atoms with Gasteiger partial charge < -0.3 is 40.3 Å². The van der Waals surface area contributed by atoms with Gasteiger partial charge in [-0.15, -0.1) is 0 Å². The summed E-state index contributed by atoms with van der Waals surface area (Å²) in [5, 5.41) is 50.6. The number of carbonyl (C=O) groups is 2. The van der Waals surface area contributed by atoms with Crippen molar-refractivity contribution in [3.8, 4) is 0 Å². The van der Waals surface area contributed by atoms with Gasteiger partial charge in [0.15, 0.2) is 6.10 Å². The van der Waals surface area contributed by atoms with Crippen LogP contribution in [0.5, 0.6) is 0 Å². The van der Waals surface area contributed by atoms with Gasteiger partial charge in [0.05, 0.1) is 25.4 Å². The molecule has 10 heteroatoms. The molecule has 1 rings (SSSR count). The lowest BCUT2D eigenvalue weighted by Gasteiger charge is -2.38. The Morgan fingerprint density at radius 3 is 2.46 bits per heavy atom. The van der Waals surface area contributed by atoms with Gasteiger partial charge in [-0.05, 0) is 13.0 Å². The SMILES string of the molecule is CC(=O)N[C@@H]1C(O)C=C(C(=O)O)OC1[C@H](O)[C@H](O)COC[C@@H](C)O. The van der Waals surface area contributed by atoms with E-state index in [0.717, 1.165) is 6.08 Å². The van der Waals surface area contributed by atoms with E-state index in [1.807, 2.05) is 0 Å². The molecule has 0 aromatic carbocycles. The summed E-state index contributed by atoms with van der Waals surface area (Å²) >= 11 is 0. The van der Waals surface area contributed by atoms with E-state index in [2.05, 4.69) is 5.32 Å². The van der Waals surface area contributed by atoms with Gasteiger partial charge in [-0.25, -0.2) is 4.79 Å². The molecule has 10 nitrogen and oxygen atoms in total. The maximum atomic E-state index is 11.2. The average Bonchev–Trinajstić information content (AvgIpc) is 2.47. The van der Waals surface area contributed by atoms with Gasteiger partial charge in [0.25, 0.3) is 0 Å². The molecule has 138 valence electrons. The zero-order chi connectivity index (χ0) is 18.4. The molecule has 6 N–H and O–H groups in total. The van der Waals surface area contributed by atoms with Crippen LogP contribution in [0.3, 0.4) is 0 Å². The lowest BCUT2D eigenvalue weighted by Crippen LogP contribution is -2.60. The number of rotatable bonds is 8. The van der Waals surface area contributed by atoms with Crippen LogP contribution in [0.15, 0.2) is 11.8 Å². The van der Waals surface area contributed by atoms with Crippen molar-refractivity contribution in [1.82, 2.24) is 5.32 Å². The van der Waals surface area contributed by atoms with Gasteiger partial charge in [0.1, 0.15) is 18.3 Å². The molecule has 1 aliphatic rings. The summed E-state index contributed by atoms with van der Waals surface area (Å²) in [6, 6.07) is -1.16. The molecule has 0 spiro atoms. The van der Waals surface area contributed by atoms with E-state index in [0.29, 0.717) is 0 Å². The highest BCUT2D eigenvalue weighted by molar-refractivity contribution is 5.84. The number of aliphatic carboxylic acids is 1. The summed E-state index contributed by atoms with van der Waals surface area (Å²) in [5.41, 5.74) is 0. The number of carboxylic acids is 1. The lowest BCUT2D eigenvalue weighted by atomic mass is 9.94. The summed E-state index contributed by atoms with van der Waals surface area (Å²) in [4.78, 5) is 22.3. The molecule has 0 saturated heterocycles. The van der Waals surface area contributed by atoms with E-state index < -0.39 is 54.2 Å². The molecule has 1 aliphatic heterocycles. The summed E-state index contributed by atoms with van der Waals surface area (Å²) in [6.45, 7) is 2.21. The molecule has 1 heterocycles. The van der Waals surface area contributed by atoms with Gasteiger partial charge in [-0.2, -0.15) is 0 Å². The number of hydrogen-bond acceptors (Lipinski definition) is 8. The van der Waals surface area contributed by atoms with Crippen LogP contribution in [0.25, 0.3) is 0 Å². The Bertz CT molecular complexity index is 479. The molecular formula is C14H23NO9. The number of ether oxygens (including phenoxy) is 2. The third kappa shape index (κ3) is 5.73. The molecule has 0 radical (unpaired) electrons. The number of carboxylic acid groups (broad SMARTS) is 1. The fraction of sp³-hybridized carbons (Fsp3) is 0.714. The smallest absolute Gasteiger partial charge is 0.370 e. The van der Waals surface area contributed by atoms with Gasteiger partial charge in [0.2, 0.25) is 11.7 Å². The van der Waals surface area contributed by atoms with E-state index in [1.54, 1.807) is 0 Å².